The zero-order valence-electron chi connectivity index (χ0n) is 18.9. The highest BCUT2D eigenvalue weighted by Crippen LogP contribution is 2.61. The van der Waals surface area contributed by atoms with Crippen molar-refractivity contribution in [3.8, 4) is 0 Å². The van der Waals surface area contributed by atoms with E-state index in [-0.39, 0.29) is 16.6 Å². The summed E-state index contributed by atoms with van der Waals surface area (Å²) in [5.74, 6) is 2.03. The summed E-state index contributed by atoms with van der Waals surface area (Å²) < 4.78 is 1.45. The van der Waals surface area contributed by atoms with Crippen molar-refractivity contribution >= 4 is 17.3 Å². The van der Waals surface area contributed by atoms with E-state index in [2.05, 4.69) is 48.4 Å². The summed E-state index contributed by atoms with van der Waals surface area (Å²) in [6.07, 6.45) is 8.71. The molecule has 2 heterocycles. The van der Waals surface area contributed by atoms with Gasteiger partial charge < -0.3 is 10.6 Å². The number of fused-ring (bicyclic) bond motifs is 2. The van der Waals surface area contributed by atoms with Crippen molar-refractivity contribution in [1.29, 1.82) is 0 Å². The number of halogens is 1. The molecule has 31 heavy (non-hydrogen) atoms. The van der Waals surface area contributed by atoms with Crippen LogP contribution in [0.2, 0.25) is 5.02 Å². The molecule has 0 radical (unpaired) electrons. The van der Waals surface area contributed by atoms with E-state index in [1.807, 2.05) is 12.1 Å². The van der Waals surface area contributed by atoms with E-state index in [1.54, 1.807) is 18.6 Å². The van der Waals surface area contributed by atoms with Crippen molar-refractivity contribution in [2.75, 3.05) is 11.9 Å². The first-order chi connectivity index (χ1) is 14.8. The van der Waals surface area contributed by atoms with Gasteiger partial charge in [0.1, 0.15) is 5.02 Å². The number of hydrogen-bond acceptors (Lipinski definition) is 5. The molecule has 2 aromatic heterocycles. The fourth-order valence-electron chi connectivity index (χ4n) is 5.70. The van der Waals surface area contributed by atoms with E-state index in [1.165, 1.54) is 16.7 Å². The van der Waals surface area contributed by atoms with Gasteiger partial charge in [0.25, 0.3) is 5.56 Å². The lowest BCUT2D eigenvalue weighted by molar-refractivity contribution is -0.105. The molecule has 2 N–H and O–H groups in total. The molecule has 3 aliphatic rings. The predicted molar refractivity (Wildman–Crippen MR) is 125 cm³/mol. The molecule has 0 saturated heterocycles. The SMILES string of the molecule is CCC(NCCn1ncc(N[C@@H]2C[C@H]3C[C@@H]([C@H]2C)C3(C)C)c(Cl)c1=O)c1ccncc1. The van der Waals surface area contributed by atoms with Crippen LogP contribution in [0.5, 0.6) is 0 Å². The van der Waals surface area contributed by atoms with Gasteiger partial charge in [-0.25, -0.2) is 4.68 Å². The maximum atomic E-state index is 12.8. The van der Waals surface area contributed by atoms with Crippen LogP contribution in [-0.2, 0) is 6.54 Å². The van der Waals surface area contributed by atoms with Crippen molar-refractivity contribution in [3.63, 3.8) is 0 Å². The molecule has 1 unspecified atom stereocenters. The average Bonchev–Trinajstić information content (AvgIpc) is 2.77. The maximum Gasteiger partial charge on any atom is 0.287 e. The Labute approximate surface area is 189 Å². The third-order valence-corrected chi connectivity index (χ3v) is 8.28. The summed E-state index contributed by atoms with van der Waals surface area (Å²) in [5.41, 5.74) is 2.05. The smallest absolute Gasteiger partial charge is 0.287 e. The fraction of sp³-hybridized carbons (Fsp3) is 0.625. The highest BCUT2D eigenvalue weighted by Gasteiger charge is 2.56. The van der Waals surface area contributed by atoms with Gasteiger partial charge in [-0.2, -0.15) is 5.10 Å². The summed E-state index contributed by atoms with van der Waals surface area (Å²) in [6, 6.07) is 4.60. The lowest BCUT2D eigenvalue weighted by Gasteiger charge is -2.62. The number of rotatable bonds is 8. The van der Waals surface area contributed by atoms with Crippen molar-refractivity contribution in [3.05, 3.63) is 51.7 Å². The first-order valence-corrected chi connectivity index (χ1v) is 11.9. The lowest BCUT2D eigenvalue weighted by Crippen LogP contribution is -2.58. The van der Waals surface area contributed by atoms with E-state index >= 15 is 0 Å². The van der Waals surface area contributed by atoms with Gasteiger partial charge >= 0.3 is 0 Å². The fourth-order valence-corrected chi connectivity index (χ4v) is 5.90. The predicted octanol–water partition coefficient (Wildman–Crippen LogP) is 4.52. The van der Waals surface area contributed by atoms with E-state index in [0.717, 1.165) is 24.7 Å². The molecule has 0 spiro atoms. The number of pyridine rings is 1. The second-order valence-electron chi connectivity index (χ2n) is 9.80. The molecule has 5 rings (SSSR count). The molecule has 0 amide bonds. The van der Waals surface area contributed by atoms with Crippen LogP contribution in [0.25, 0.3) is 0 Å². The molecule has 168 valence electrons. The molecule has 2 bridgehead atoms. The minimum absolute atomic E-state index is 0.221. The summed E-state index contributed by atoms with van der Waals surface area (Å²) in [6.45, 7) is 10.3. The third-order valence-electron chi connectivity index (χ3n) is 7.91. The highest BCUT2D eigenvalue weighted by atomic mass is 35.5. The molecule has 2 aromatic rings. The number of aromatic nitrogens is 3. The van der Waals surface area contributed by atoms with Crippen LogP contribution in [-0.4, -0.2) is 27.4 Å². The van der Waals surface area contributed by atoms with Gasteiger partial charge in [-0.1, -0.05) is 39.3 Å². The summed E-state index contributed by atoms with van der Waals surface area (Å²) >= 11 is 6.47. The van der Waals surface area contributed by atoms with E-state index in [0.29, 0.717) is 36.2 Å². The molecule has 0 aromatic carbocycles. The van der Waals surface area contributed by atoms with Crippen LogP contribution in [0.15, 0.2) is 35.5 Å². The molecule has 3 aliphatic carbocycles. The maximum absolute atomic E-state index is 12.8. The normalized spacial score (nSPS) is 27.4. The van der Waals surface area contributed by atoms with Crippen LogP contribution in [0.4, 0.5) is 5.69 Å². The third kappa shape index (κ3) is 4.24. The largest absolute Gasteiger partial charge is 0.379 e. The Balaban J connectivity index is 1.37. The standard InChI is InChI=1S/C24H34ClN5O/c1-5-19(16-6-8-26-9-7-16)27-10-11-30-23(31)22(25)21(14-28-30)29-20-13-17-12-18(15(20)2)24(17,3)4/h6-9,14-15,17-20,27,29H,5,10-13H2,1-4H3/t15-,17-,18+,19?,20-/m1/s1. The van der Waals surface area contributed by atoms with Gasteiger partial charge in [-0.15, -0.1) is 0 Å². The molecular weight excluding hydrogens is 410 g/mol. The average molecular weight is 444 g/mol. The van der Waals surface area contributed by atoms with Crippen LogP contribution < -0.4 is 16.2 Å². The van der Waals surface area contributed by atoms with Crippen LogP contribution >= 0.6 is 11.6 Å². The minimum atomic E-state index is -0.237. The molecule has 0 aliphatic heterocycles. The Kier molecular flexibility index (Phi) is 6.40. The number of nitrogens with one attached hydrogen (secondary N) is 2. The summed E-state index contributed by atoms with van der Waals surface area (Å²) in [4.78, 5) is 16.9. The molecule has 7 heteroatoms. The van der Waals surface area contributed by atoms with Gasteiger partial charge in [-0.3, -0.25) is 9.78 Å². The van der Waals surface area contributed by atoms with Crippen LogP contribution in [0.3, 0.4) is 0 Å². The summed E-state index contributed by atoms with van der Waals surface area (Å²) in [5, 5.41) is 11.7. The quantitative estimate of drug-likeness (QED) is 0.627. The molecular formula is C24H34ClN5O. The Bertz CT molecular complexity index is 960. The first kappa shape index (κ1) is 22.3. The van der Waals surface area contributed by atoms with Gasteiger partial charge in [0.2, 0.25) is 0 Å². The molecule has 6 nitrogen and oxygen atoms in total. The Morgan fingerprint density at radius 3 is 2.68 bits per heavy atom. The molecule has 3 saturated carbocycles. The van der Waals surface area contributed by atoms with Gasteiger partial charge in [0, 0.05) is 31.0 Å². The second kappa shape index (κ2) is 8.91. The molecule has 3 fully saturated rings. The van der Waals surface area contributed by atoms with Gasteiger partial charge in [-0.05, 0) is 60.1 Å². The summed E-state index contributed by atoms with van der Waals surface area (Å²) in [7, 11) is 0. The lowest BCUT2D eigenvalue weighted by atomic mass is 9.45. The second-order valence-corrected chi connectivity index (χ2v) is 10.2. The number of anilines is 1. The van der Waals surface area contributed by atoms with Gasteiger partial charge in [0.05, 0.1) is 18.4 Å². The van der Waals surface area contributed by atoms with E-state index in [9.17, 15) is 4.79 Å². The highest BCUT2D eigenvalue weighted by molar-refractivity contribution is 6.32. The monoisotopic (exact) mass is 443 g/mol. The number of nitrogens with zero attached hydrogens (tertiary/aromatic N) is 3. The Morgan fingerprint density at radius 2 is 2.03 bits per heavy atom. The van der Waals surface area contributed by atoms with Crippen molar-refractivity contribution in [2.45, 2.75) is 65.6 Å². The molecule has 5 atom stereocenters. The minimum Gasteiger partial charge on any atom is -0.379 e. The van der Waals surface area contributed by atoms with Crippen molar-refractivity contribution in [2.24, 2.45) is 23.2 Å². The zero-order valence-corrected chi connectivity index (χ0v) is 19.7. The number of hydrogen-bond donors (Lipinski definition) is 2. The van der Waals surface area contributed by atoms with E-state index < -0.39 is 0 Å². The zero-order chi connectivity index (χ0) is 22.2. The topological polar surface area (TPSA) is 71.8 Å². The Morgan fingerprint density at radius 1 is 1.29 bits per heavy atom. The first-order valence-electron chi connectivity index (χ1n) is 11.5. The van der Waals surface area contributed by atoms with Crippen molar-refractivity contribution < 1.29 is 0 Å². The Hall–Kier alpha value is -1.92. The van der Waals surface area contributed by atoms with Gasteiger partial charge in [0.15, 0.2) is 0 Å². The van der Waals surface area contributed by atoms with Crippen LogP contribution in [0.1, 0.15) is 58.6 Å². The van der Waals surface area contributed by atoms with E-state index in [4.69, 9.17) is 11.6 Å². The van der Waals surface area contributed by atoms with Crippen molar-refractivity contribution in [1.82, 2.24) is 20.1 Å². The van der Waals surface area contributed by atoms with Crippen LogP contribution in [0, 0.1) is 23.2 Å².